The van der Waals surface area contributed by atoms with Crippen LogP contribution in [-0.4, -0.2) is 44.8 Å². The van der Waals surface area contributed by atoms with Gasteiger partial charge in [0, 0.05) is 11.8 Å². The molecule has 4 nitrogen and oxygen atoms in total. The van der Waals surface area contributed by atoms with E-state index in [0.717, 1.165) is 37.4 Å². The van der Waals surface area contributed by atoms with Crippen molar-refractivity contribution in [1.29, 1.82) is 0 Å². The minimum Gasteiger partial charge on any atom is -0.317 e. The van der Waals surface area contributed by atoms with E-state index in [1.54, 1.807) is 11.8 Å². The van der Waals surface area contributed by atoms with Crippen molar-refractivity contribution >= 4 is 21.8 Å². The summed E-state index contributed by atoms with van der Waals surface area (Å²) in [6, 6.07) is 0.0266. The number of sulfonamides is 1. The molecule has 0 aromatic carbocycles. The van der Waals surface area contributed by atoms with Crippen LogP contribution in [0.2, 0.25) is 0 Å². The highest BCUT2D eigenvalue weighted by Crippen LogP contribution is 2.03. The topological polar surface area (TPSA) is 58.2 Å². The molecule has 0 aromatic heterocycles. The van der Waals surface area contributed by atoms with Crippen molar-refractivity contribution in [2.45, 2.75) is 39.7 Å². The smallest absolute Gasteiger partial charge is 0.211 e. The van der Waals surface area contributed by atoms with Crippen LogP contribution in [0, 0.1) is 0 Å². The second kappa shape index (κ2) is 10.2. The number of hydrogen-bond donors (Lipinski definition) is 2. The molecule has 104 valence electrons. The Labute approximate surface area is 110 Å². The molecular weight excluding hydrogens is 256 g/mol. The third-order valence-electron chi connectivity index (χ3n) is 2.22. The van der Waals surface area contributed by atoms with Crippen molar-refractivity contribution < 1.29 is 8.42 Å². The minimum atomic E-state index is -3.09. The summed E-state index contributed by atoms with van der Waals surface area (Å²) in [6.45, 7) is 7.88. The van der Waals surface area contributed by atoms with Crippen molar-refractivity contribution in [3.05, 3.63) is 0 Å². The first-order valence-electron chi connectivity index (χ1n) is 6.30. The summed E-state index contributed by atoms with van der Waals surface area (Å²) >= 11 is 1.75. The molecule has 0 aliphatic carbocycles. The Hall–Kier alpha value is 0.220. The molecular formula is C11H26N2O2S2. The van der Waals surface area contributed by atoms with Gasteiger partial charge in [0.1, 0.15) is 0 Å². The molecule has 0 saturated carbocycles. The molecule has 0 amide bonds. The van der Waals surface area contributed by atoms with Crippen LogP contribution in [0.5, 0.6) is 0 Å². The maximum atomic E-state index is 11.7. The van der Waals surface area contributed by atoms with E-state index in [9.17, 15) is 8.42 Å². The molecule has 0 aromatic rings. The minimum absolute atomic E-state index is 0.0266. The summed E-state index contributed by atoms with van der Waals surface area (Å²) in [4.78, 5) is 0. The fourth-order valence-electron chi connectivity index (χ4n) is 1.41. The average molecular weight is 282 g/mol. The largest absolute Gasteiger partial charge is 0.317 e. The highest BCUT2D eigenvalue weighted by Gasteiger charge is 2.13. The Morgan fingerprint density at radius 1 is 1.24 bits per heavy atom. The van der Waals surface area contributed by atoms with Crippen molar-refractivity contribution in [3.8, 4) is 0 Å². The summed E-state index contributed by atoms with van der Waals surface area (Å²) in [6.07, 6.45) is 1.63. The average Bonchev–Trinajstić information content (AvgIpc) is 2.25. The Kier molecular flexibility index (Phi) is 10.3. The molecule has 17 heavy (non-hydrogen) atoms. The van der Waals surface area contributed by atoms with Crippen LogP contribution in [0.15, 0.2) is 0 Å². The summed E-state index contributed by atoms with van der Waals surface area (Å²) in [7, 11) is -3.09. The van der Waals surface area contributed by atoms with Crippen molar-refractivity contribution in [2.75, 3.05) is 30.3 Å². The number of hydrogen-bond acceptors (Lipinski definition) is 4. The standard InChI is InChI=1S/C11H26N2O2S2/c1-4-12-8-6-7-9-17(14,15)13-11(3)10-16-5-2/h11-13H,4-10H2,1-3H3. The lowest BCUT2D eigenvalue weighted by Crippen LogP contribution is -2.36. The monoisotopic (exact) mass is 282 g/mol. The number of rotatable bonds is 11. The molecule has 1 atom stereocenters. The van der Waals surface area contributed by atoms with Gasteiger partial charge < -0.3 is 5.32 Å². The first-order chi connectivity index (χ1) is 8.02. The van der Waals surface area contributed by atoms with Gasteiger partial charge >= 0.3 is 0 Å². The normalized spacial score (nSPS) is 13.8. The lowest BCUT2D eigenvalue weighted by molar-refractivity contribution is 0.564. The molecule has 0 heterocycles. The Morgan fingerprint density at radius 2 is 1.94 bits per heavy atom. The lowest BCUT2D eigenvalue weighted by Gasteiger charge is -2.13. The first-order valence-corrected chi connectivity index (χ1v) is 9.11. The predicted octanol–water partition coefficient (Wildman–Crippen LogP) is 1.44. The van der Waals surface area contributed by atoms with Gasteiger partial charge in [0.15, 0.2) is 0 Å². The maximum absolute atomic E-state index is 11.7. The van der Waals surface area contributed by atoms with E-state index in [4.69, 9.17) is 0 Å². The molecule has 0 fully saturated rings. The van der Waals surface area contributed by atoms with Gasteiger partial charge in [-0.15, -0.1) is 0 Å². The molecule has 0 aliphatic heterocycles. The van der Waals surface area contributed by atoms with Gasteiger partial charge in [-0.2, -0.15) is 11.8 Å². The quantitative estimate of drug-likeness (QED) is 0.563. The van der Waals surface area contributed by atoms with Crippen molar-refractivity contribution in [2.24, 2.45) is 0 Å². The molecule has 0 rings (SSSR count). The van der Waals surface area contributed by atoms with Crippen molar-refractivity contribution in [1.82, 2.24) is 10.0 Å². The number of unbranched alkanes of at least 4 members (excludes halogenated alkanes) is 1. The molecule has 2 N–H and O–H groups in total. The first kappa shape index (κ1) is 17.2. The molecule has 6 heteroatoms. The van der Waals surface area contributed by atoms with Gasteiger partial charge in [-0.25, -0.2) is 13.1 Å². The highest BCUT2D eigenvalue weighted by atomic mass is 32.2. The fourth-order valence-corrected chi connectivity index (χ4v) is 3.59. The number of nitrogens with one attached hydrogen (secondary N) is 2. The lowest BCUT2D eigenvalue weighted by atomic mass is 10.3. The van der Waals surface area contributed by atoms with Crippen LogP contribution < -0.4 is 10.0 Å². The van der Waals surface area contributed by atoms with Gasteiger partial charge in [-0.3, -0.25) is 0 Å². The zero-order valence-electron chi connectivity index (χ0n) is 11.2. The summed E-state index contributed by atoms with van der Waals surface area (Å²) in [5, 5.41) is 3.18. The molecule has 1 unspecified atom stereocenters. The molecule has 0 saturated heterocycles. The second-order valence-electron chi connectivity index (χ2n) is 4.06. The molecule has 0 spiro atoms. The third-order valence-corrected chi connectivity index (χ3v) is 4.95. The van der Waals surface area contributed by atoms with E-state index in [2.05, 4.69) is 17.0 Å². The molecule has 0 radical (unpaired) electrons. The van der Waals surface area contributed by atoms with E-state index in [1.165, 1.54) is 0 Å². The number of thioether (sulfide) groups is 1. The van der Waals surface area contributed by atoms with Crippen LogP contribution in [0.4, 0.5) is 0 Å². The van der Waals surface area contributed by atoms with E-state index in [0.29, 0.717) is 0 Å². The van der Waals surface area contributed by atoms with E-state index < -0.39 is 10.0 Å². The Balaban J connectivity index is 3.72. The van der Waals surface area contributed by atoms with Gasteiger partial charge in [-0.05, 0) is 38.6 Å². The maximum Gasteiger partial charge on any atom is 0.211 e. The predicted molar refractivity (Wildman–Crippen MR) is 77.2 cm³/mol. The van der Waals surface area contributed by atoms with Gasteiger partial charge in [0.25, 0.3) is 0 Å². The van der Waals surface area contributed by atoms with Crippen LogP contribution in [0.1, 0.15) is 33.6 Å². The zero-order valence-corrected chi connectivity index (χ0v) is 12.8. The SMILES string of the molecule is CCNCCCCS(=O)(=O)NC(C)CSCC. The zero-order chi connectivity index (χ0) is 13.1. The molecule has 0 bridgehead atoms. The fraction of sp³-hybridized carbons (Fsp3) is 1.00. The van der Waals surface area contributed by atoms with Gasteiger partial charge in [0.2, 0.25) is 10.0 Å². The van der Waals surface area contributed by atoms with E-state index in [-0.39, 0.29) is 11.8 Å². The Bertz CT molecular complexity index is 269. The third kappa shape index (κ3) is 11.1. The van der Waals surface area contributed by atoms with Crippen LogP contribution in [0.3, 0.4) is 0 Å². The van der Waals surface area contributed by atoms with Crippen LogP contribution in [-0.2, 0) is 10.0 Å². The summed E-state index contributed by atoms with van der Waals surface area (Å²) < 4.78 is 26.1. The Morgan fingerprint density at radius 3 is 2.53 bits per heavy atom. The molecule has 0 aliphatic rings. The summed E-state index contributed by atoms with van der Waals surface area (Å²) in [5.74, 6) is 2.10. The highest BCUT2D eigenvalue weighted by molar-refractivity contribution is 7.99. The van der Waals surface area contributed by atoms with Crippen LogP contribution in [0.25, 0.3) is 0 Å². The second-order valence-corrected chi connectivity index (χ2v) is 7.25. The van der Waals surface area contributed by atoms with E-state index in [1.807, 2.05) is 13.8 Å². The summed E-state index contributed by atoms with van der Waals surface area (Å²) in [5.41, 5.74) is 0. The van der Waals surface area contributed by atoms with Crippen molar-refractivity contribution in [3.63, 3.8) is 0 Å². The van der Waals surface area contributed by atoms with Crippen LogP contribution >= 0.6 is 11.8 Å². The van der Waals surface area contributed by atoms with Gasteiger partial charge in [-0.1, -0.05) is 13.8 Å². The van der Waals surface area contributed by atoms with Gasteiger partial charge in [0.05, 0.1) is 5.75 Å². The van der Waals surface area contributed by atoms with E-state index >= 15 is 0 Å².